The minimum absolute atomic E-state index is 0.0577. The minimum Gasteiger partial charge on any atom is -0.397 e. The van der Waals surface area contributed by atoms with Gasteiger partial charge in [-0.25, -0.2) is 9.98 Å². The molecule has 3 atom stereocenters. The number of aromatic nitrogens is 2. The van der Waals surface area contributed by atoms with E-state index in [9.17, 15) is 5.11 Å². The number of hydrogen-bond acceptors (Lipinski definition) is 7. The van der Waals surface area contributed by atoms with Crippen molar-refractivity contribution in [3.8, 4) is 0 Å². The molecule has 7 nitrogen and oxygen atoms in total. The van der Waals surface area contributed by atoms with Crippen molar-refractivity contribution in [2.75, 3.05) is 26.4 Å². The second-order valence-corrected chi connectivity index (χ2v) is 9.65. The van der Waals surface area contributed by atoms with Gasteiger partial charge in [0.1, 0.15) is 5.69 Å². The molecule has 0 bridgehead atoms. The zero-order valence-corrected chi connectivity index (χ0v) is 14.9. The third kappa shape index (κ3) is 3.78. The van der Waals surface area contributed by atoms with E-state index in [1.165, 1.54) is 6.34 Å². The van der Waals surface area contributed by atoms with E-state index in [4.69, 9.17) is 11.5 Å². The van der Waals surface area contributed by atoms with E-state index in [2.05, 4.69) is 40.1 Å². The lowest BCUT2D eigenvalue weighted by Gasteiger charge is -2.38. The van der Waals surface area contributed by atoms with Crippen molar-refractivity contribution in [3.05, 3.63) is 18.6 Å². The lowest BCUT2D eigenvalue weighted by atomic mass is 10.3. The van der Waals surface area contributed by atoms with Gasteiger partial charge in [-0.05, 0) is 6.66 Å². The minimum atomic E-state index is -0.527. The summed E-state index contributed by atoms with van der Waals surface area (Å²) in [4.78, 5) is 8.48. The van der Waals surface area contributed by atoms with E-state index in [0.717, 1.165) is 13.1 Å². The van der Waals surface area contributed by atoms with Gasteiger partial charge in [-0.3, -0.25) is 4.67 Å². The van der Waals surface area contributed by atoms with Crippen molar-refractivity contribution in [2.45, 2.75) is 10.6 Å². The Labute approximate surface area is 140 Å². The highest BCUT2D eigenvalue weighted by Gasteiger charge is 2.31. The molecule has 1 saturated heterocycles. The van der Waals surface area contributed by atoms with Crippen molar-refractivity contribution >= 4 is 49.1 Å². The molecule has 2 heterocycles. The fourth-order valence-electron chi connectivity index (χ4n) is 2.28. The number of aliphatic hydroxyl groups excluding tert-OH is 1. The summed E-state index contributed by atoms with van der Waals surface area (Å²) < 4.78 is 4.20. The summed E-state index contributed by atoms with van der Waals surface area (Å²) in [6, 6.07) is 0. The smallest absolute Gasteiger partial charge is 0.164 e. The Balaban J connectivity index is 2.35. The number of hydrogen-bond donors (Lipinski definition) is 4. The molecule has 10 heteroatoms. The molecule has 5 N–H and O–H groups in total. The van der Waals surface area contributed by atoms with E-state index >= 15 is 0 Å². The number of aliphatic hydroxyl groups is 1. The third-order valence-corrected chi connectivity index (χ3v) is 6.60. The molecule has 3 unspecified atom stereocenters. The molecule has 1 fully saturated rings. The summed E-state index contributed by atoms with van der Waals surface area (Å²) in [5, 5.41) is 9.73. The summed E-state index contributed by atoms with van der Waals surface area (Å²) in [6.45, 7) is 7.55. The van der Waals surface area contributed by atoms with Gasteiger partial charge in [-0.2, -0.15) is 0 Å². The van der Waals surface area contributed by atoms with Crippen LogP contribution in [-0.4, -0.2) is 57.3 Å². The van der Waals surface area contributed by atoms with E-state index in [1.54, 1.807) is 18.1 Å². The lowest BCUT2D eigenvalue weighted by molar-refractivity contribution is 0.269. The number of aliphatic imine (C=N–C) groups is 1. The Hall–Kier alpha value is -0.730. The van der Waals surface area contributed by atoms with Gasteiger partial charge in [-0.1, -0.05) is 6.58 Å². The Bertz CT molecular complexity index is 564. The fraction of sp³-hybridized carbons (Fsp3) is 0.500. The molecule has 0 spiro atoms. The molecule has 0 aromatic carbocycles. The zero-order valence-electron chi connectivity index (χ0n) is 12.3. The Kier molecular flexibility index (Phi) is 6.17. The van der Waals surface area contributed by atoms with Gasteiger partial charge < -0.3 is 21.1 Å². The van der Waals surface area contributed by atoms with Gasteiger partial charge in [0.15, 0.2) is 5.82 Å². The van der Waals surface area contributed by atoms with Crippen LogP contribution in [0.3, 0.4) is 0 Å². The van der Waals surface area contributed by atoms with Gasteiger partial charge in [0, 0.05) is 25.6 Å². The van der Waals surface area contributed by atoms with Crippen LogP contribution in [-0.2, 0) is 0 Å². The third-order valence-electron chi connectivity index (χ3n) is 3.32. The quantitative estimate of drug-likeness (QED) is 0.272. The first-order valence-electron chi connectivity index (χ1n) is 6.67. The number of nitrogens with two attached hydrogens (primary N) is 2. The molecule has 1 aliphatic heterocycles. The van der Waals surface area contributed by atoms with E-state index in [1.807, 2.05) is 4.57 Å². The Morgan fingerprint density at radius 1 is 1.73 bits per heavy atom. The van der Waals surface area contributed by atoms with Crippen LogP contribution >= 0.6 is 31.3 Å². The normalized spacial score (nSPS) is 24.7. The highest BCUT2D eigenvalue weighted by molar-refractivity contribution is 8.44. The van der Waals surface area contributed by atoms with Gasteiger partial charge in [-0.15, -0.1) is 24.0 Å². The van der Waals surface area contributed by atoms with Gasteiger partial charge in [0.2, 0.25) is 0 Å². The molecule has 22 heavy (non-hydrogen) atoms. The first kappa shape index (κ1) is 17.6. The average Bonchev–Trinajstić information content (AvgIpc) is 2.91. The molecule has 0 amide bonds. The van der Waals surface area contributed by atoms with Crippen molar-refractivity contribution in [3.63, 3.8) is 0 Å². The zero-order chi connectivity index (χ0) is 16.3. The molecule has 122 valence electrons. The summed E-state index contributed by atoms with van der Waals surface area (Å²) >= 11 is 6.26. The van der Waals surface area contributed by atoms with Gasteiger partial charge >= 0.3 is 0 Å². The summed E-state index contributed by atoms with van der Waals surface area (Å²) in [7, 11) is -0.527. The highest BCUT2D eigenvalue weighted by atomic mass is 32.7. The maximum atomic E-state index is 9.55. The molecular formula is C12H21N6OPS2. The van der Waals surface area contributed by atoms with Crippen molar-refractivity contribution in [1.29, 1.82) is 0 Å². The number of thiol groups is 1. The van der Waals surface area contributed by atoms with Crippen LogP contribution < -0.4 is 11.5 Å². The molecule has 1 aliphatic rings. The van der Waals surface area contributed by atoms with Crippen LogP contribution in [0.2, 0.25) is 0 Å². The van der Waals surface area contributed by atoms with Crippen molar-refractivity contribution < 1.29 is 5.11 Å². The Morgan fingerprint density at radius 2 is 2.45 bits per heavy atom. The van der Waals surface area contributed by atoms with E-state index in [-0.39, 0.29) is 17.2 Å². The van der Waals surface area contributed by atoms with E-state index in [0.29, 0.717) is 17.2 Å². The highest BCUT2D eigenvalue weighted by Crippen LogP contribution is 2.48. The van der Waals surface area contributed by atoms with Crippen molar-refractivity contribution in [1.82, 2.24) is 14.2 Å². The molecule has 1 aromatic heterocycles. The molecule has 0 aliphatic carbocycles. The first-order chi connectivity index (χ1) is 10.5. The first-order valence-corrected chi connectivity index (χ1v) is 10.5. The number of rotatable bonds is 5. The summed E-state index contributed by atoms with van der Waals surface area (Å²) in [5.41, 5.74) is 12.1. The standard InChI is InChI=1S/C12H21N6OPS2/c1-8(14)11-12(15-6-13)18(7-16-11)10-4-17(20(2)21)3-9(5-19)22-10/h6-7,9-10,19,21H,1,3-5,14H2,2H3,(H2,13,15). The second kappa shape index (κ2) is 7.70. The van der Waals surface area contributed by atoms with Crippen molar-refractivity contribution in [2.24, 2.45) is 16.5 Å². The topological polar surface area (TPSA) is 106 Å². The summed E-state index contributed by atoms with van der Waals surface area (Å²) in [5.74, 6) is 0.589. The van der Waals surface area contributed by atoms with Crippen LogP contribution in [0.5, 0.6) is 0 Å². The SMILES string of the molecule is C=C(N)c1ncn(C2CN(P(C)S)CC(CO)S2)c1/N=C\N. The number of imidazole rings is 1. The second-order valence-electron chi connectivity index (χ2n) is 4.88. The van der Waals surface area contributed by atoms with Crippen LogP contribution in [0.25, 0.3) is 5.70 Å². The number of nitrogens with zero attached hydrogens (tertiary/aromatic N) is 4. The Morgan fingerprint density at radius 3 is 3.00 bits per heavy atom. The molecule has 2 rings (SSSR count). The summed E-state index contributed by atoms with van der Waals surface area (Å²) in [6.07, 6.45) is 2.92. The monoisotopic (exact) mass is 360 g/mol. The lowest BCUT2D eigenvalue weighted by Crippen LogP contribution is -2.38. The number of thioether (sulfide) groups is 1. The predicted octanol–water partition coefficient (Wildman–Crippen LogP) is 1.21. The largest absolute Gasteiger partial charge is 0.397 e. The molecular weight excluding hydrogens is 339 g/mol. The maximum Gasteiger partial charge on any atom is 0.164 e. The molecule has 1 aromatic rings. The predicted molar refractivity (Wildman–Crippen MR) is 98.7 cm³/mol. The molecule has 0 radical (unpaired) electrons. The van der Waals surface area contributed by atoms with Gasteiger partial charge in [0.05, 0.1) is 30.3 Å². The van der Waals surface area contributed by atoms with Crippen LogP contribution in [0.4, 0.5) is 5.82 Å². The van der Waals surface area contributed by atoms with E-state index < -0.39 is 7.27 Å². The van der Waals surface area contributed by atoms with Crippen LogP contribution in [0.15, 0.2) is 17.9 Å². The fourth-order valence-corrected chi connectivity index (χ4v) is 5.11. The van der Waals surface area contributed by atoms with Crippen LogP contribution in [0, 0.1) is 0 Å². The molecule has 0 saturated carbocycles. The maximum absolute atomic E-state index is 9.55. The average molecular weight is 360 g/mol. The van der Waals surface area contributed by atoms with Gasteiger partial charge in [0.25, 0.3) is 0 Å². The van der Waals surface area contributed by atoms with Crippen LogP contribution in [0.1, 0.15) is 11.1 Å².